The van der Waals surface area contributed by atoms with Crippen LogP contribution in [0.15, 0.2) is 60.0 Å². The Kier molecular flexibility index (Phi) is 4.88. The van der Waals surface area contributed by atoms with Crippen LogP contribution in [0.1, 0.15) is 21.5 Å². The Balaban J connectivity index is 1.33. The highest BCUT2D eigenvalue weighted by Gasteiger charge is 2.21. The van der Waals surface area contributed by atoms with E-state index in [9.17, 15) is 4.79 Å². The Hall–Kier alpha value is -2.80. The maximum Gasteiger partial charge on any atom is 0.251 e. The van der Waals surface area contributed by atoms with E-state index in [1.807, 2.05) is 48.5 Å². The standard InChI is InChI=1S/C19H18N4O2S/c24-18(22-16-9-15-3-1-2-4-17(15)25-10-16)14-7-5-13(6-8-14)11-26-19-20-12-21-23-19/h1-8,12,16H,9-11H2,(H,22,24)(H,20,21,23)/t16-/m1/s1. The normalized spacial score (nSPS) is 15.8. The lowest BCUT2D eigenvalue weighted by molar-refractivity contribution is 0.0915. The third kappa shape index (κ3) is 3.88. The van der Waals surface area contributed by atoms with E-state index in [2.05, 4.69) is 20.5 Å². The highest BCUT2D eigenvalue weighted by molar-refractivity contribution is 7.98. The fraction of sp³-hybridized carbons (Fsp3) is 0.211. The Morgan fingerprint density at radius 1 is 1.23 bits per heavy atom. The van der Waals surface area contributed by atoms with E-state index >= 15 is 0 Å². The maximum atomic E-state index is 12.5. The first kappa shape index (κ1) is 16.7. The summed E-state index contributed by atoms with van der Waals surface area (Å²) in [6.45, 7) is 0.495. The maximum absolute atomic E-state index is 12.5. The first-order chi connectivity index (χ1) is 12.8. The van der Waals surface area contributed by atoms with Crippen molar-refractivity contribution >= 4 is 17.7 Å². The molecule has 1 amide bonds. The van der Waals surface area contributed by atoms with Crippen LogP contribution in [0.3, 0.4) is 0 Å². The number of nitrogens with one attached hydrogen (secondary N) is 2. The fourth-order valence-corrected chi connectivity index (χ4v) is 3.59. The largest absolute Gasteiger partial charge is 0.491 e. The van der Waals surface area contributed by atoms with Gasteiger partial charge in [0.1, 0.15) is 18.7 Å². The summed E-state index contributed by atoms with van der Waals surface area (Å²) in [7, 11) is 0. The second kappa shape index (κ2) is 7.61. The van der Waals surface area contributed by atoms with Crippen molar-refractivity contribution in [3.05, 3.63) is 71.5 Å². The average molecular weight is 366 g/mol. The molecule has 3 aromatic rings. The summed E-state index contributed by atoms with van der Waals surface area (Å²) >= 11 is 1.57. The van der Waals surface area contributed by atoms with Gasteiger partial charge in [-0.15, -0.1) is 0 Å². The summed E-state index contributed by atoms with van der Waals surface area (Å²) in [5.74, 6) is 1.60. The Bertz CT molecular complexity index is 881. The molecule has 0 fully saturated rings. The lowest BCUT2D eigenvalue weighted by Crippen LogP contribution is -2.42. The number of benzene rings is 2. The van der Waals surface area contributed by atoms with Gasteiger partial charge in [0, 0.05) is 11.3 Å². The topological polar surface area (TPSA) is 79.9 Å². The van der Waals surface area contributed by atoms with Gasteiger partial charge >= 0.3 is 0 Å². The van der Waals surface area contributed by atoms with Crippen LogP contribution in [-0.4, -0.2) is 33.7 Å². The molecule has 1 aliphatic heterocycles. The second-order valence-electron chi connectivity index (χ2n) is 6.07. The van der Waals surface area contributed by atoms with E-state index in [1.54, 1.807) is 11.8 Å². The number of rotatable bonds is 5. The molecule has 1 aliphatic rings. The van der Waals surface area contributed by atoms with Gasteiger partial charge in [-0.25, -0.2) is 4.98 Å². The molecule has 0 unspecified atom stereocenters. The molecule has 26 heavy (non-hydrogen) atoms. The van der Waals surface area contributed by atoms with Crippen molar-refractivity contribution in [2.45, 2.75) is 23.4 Å². The number of amides is 1. The highest BCUT2D eigenvalue weighted by Crippen LogP contribution is 2.24. The minimum absolute atomic E-state index is 0.0147. The summed E-state index contributed by atoms with van der Waals surface area (Å²) < 4.78 is 5.73. The predicted octanol–water partition coefficient (Wildman–Crippen LogP) is 2.83. The van der Waals surface area contributed by atoms with Crippen LogP contribution in [0.5, 0.6) is 5.75 Å². The number of aromatic nitrogens is 3. The van der Waals surface area contributed by atoms with Gasteiger partial charge in [0.15, 0.2) is 5.16 Å². The van der Waals surface area contributed by atoms with Crippen LogP contribution in [0.25, 0.3) is 0 Å². The Labute approximate surface area is 155 Å². The molecule has 2 heterocycles. The monoisotopic (exact) mass is 366 g/mol. The molecule has 1 aromatic heterocycles. The molecule has 6 nitrogen and oxygen atoms in total. The number of hydrogen-bond donors (Lipinski definition) is 2. The van der Waals surface area contributed by atoms with Crippen LogP contribution in [-0.2, 0) is 12.2 Å². The van der Waals surface area contributed by atoms with Gasteiger partial charge in [-0.1, -0.05) is 42.1 Å². The number of nitrogens with zero attached hydrogens (tertiary/aromatic N) is 2. The molecule has 0 bridgehead atoms. The summed E-state index contributed by atoms with van der Waals surface area (Å²) in [6, 6.07) is 15.6. The van der Waals surface area contributed by atoms with E-state index < -0.39 is 0 Å². The number of para-hydroxylation sites is 1. The van der Waals surface area contributed by atoms with Crippen molar-refractivity contribution in [3.8, 4) is 5.75 Å². The summed E-state index contributed by atoms with van der Waals surface area (Å²) in [5, 5.41) is 10.5. The van der Waals surface area contributed by atoms with Crippen molar-refractivity contribution < 1.29 is 9.53 Å². The molecule has 2 N–H and O–H groups in total. The molecule has 4 rings (SSSR count). The number of carbonyl (C=O) groups is 1. The first-order valence-electron chi connectivity index (χ1n) is 8.36. The molecule has 2 aromatic carbocycles. The second-order valence-corrected chi connectivity index (χ2v) is 7.03. The van der Waals surface area contributed by atoms with Crippen LogP contribution in [0.4, 0.5) is 0 Å². The van der Waals surface area contributed by atoms with Gasteiger partial charge in [-0.3, -0.25) is 9.89 Å². The molecule has 1 atom stereocenters. The van der Waals surface area contributed by atoms with E-state index in [0.29, 0.717) is 12.2 Å². The summed E-state index contributed by atoms with van der Waals surface area (Å²) in [6.07, 6.45) is 2.27. The number of carbonyl (C=O) groups excluding carboxylic acids is 1. The number of thioether (sulfide) groups is 1. The first-order valence-corrected chi connectivity index (χ1v) is 9.35. The Morgan fingerprint density at radius 3 is 2.88 bits per heavy atom. The number of H-pyrrole nitrogens is 1. The van der Waals surface area contributed by atoms with Gasteiger partial charge in [0.05, 0.1) is 6.04 Å². The molecular formula is C19H18N4O2S. The van der Waals surface area contributed by atoms with E-state index in [0.717, 1.165) is 34.2 Å². The smallest absolute Gasteiger partial charge is 0.251 e. The molecule has 7 heteroatoms. The summed E-state index contributed by atoms with van der Waals surface area (Å²) in [4.78, 5) is 16.6. The number of fused-ring (bicyclic) bond motifs is 1. The number of aromatic amines is 1. The van der Waals surface area contributed by atoms with Gasteiger partial charge in [0.25, 0.3) is 5.91 Å². The molecule has 0 aliphatic carbocycles. The third-order valence-corrected chi connectivity index (χ3v) is 5.15. The SMILES string of the molecule is O=C(N[C@H]1COc2ccccc2C1)c1ccc(CSc2ncn[nH]2)cc1. The third-order valence-electron chi connectivity index (χ3n) is 4.20. The van der Waals surface area contributed by atoms with Gasteiger partial charge < -0.3 is 10.1 Å². The van der Waals surface area contributed by atoms with Crippen LogP contribution in [0.2, 0.25) is 0 Å². The molecule has 132 valence electrons. The minimum Gasteiger partial charge on any atom is -0.491 e. The van der Waals surface area contributed by atoms with Crippen molar-refractivity contribution in [3.63, 3.8) is 0 Å². The van der Waals surface area contributed by atoms with E-state index in [1.165, 1.54) is 6.33 Å². The quantitative estimate of drug-likeness (QED) is 0.679. The van der Waals surface area contributed by atoms with Crippen molar-refractivity contribution in [1.29, 1.82) is 0 Å². The van der Waals surface area contributed by atoms with Crippen molar-refractivity contribution in [2.24, 2.45) is 0 Å². The zero-order chi connectivity index (χ0) is 17.8. The predicted molar refractivity (Wildman–Crippen MR) is 99.3 cm³/mol. The average Bonchev–Trinajstić information content (AvgIpc) is 3.20. The van der Waals surface area contributed by atoms with Gasteiger partial charge in [-0.05, 0) is 35.7 Å². The lowest BCUT2D eigenvalue weighted by atomic mass is 10.0. The van der Waals surface area contributed by atoms with E-state index in [4.69, 9.17) is 4.74 Å². The van der Waals surface area contributed by atoms with Crippen molar-refractivity contribution in [1.82, 2.24) is 20.5 Å². The van der Waals surface area contributed by atoms with Crippen molar-refractivity contribution in [2.75, 3.05) is 6.61 Å². The number of ether oxygens (including phenoxy) is 1. The summed E-state index contributed by atoms with van der Waals surface area (Å²) in [5.41, 5.74) is 2.90. The zero-order valence-electron chi connectivity index (χ0n) is 14.0. The van der Waals surface area contributed by atoms with Crippen LogP contribution < -0.4 is 10.1 Å². The molecular weight excluding hydrogens is 348 g/mol. The number of hydrogen-bond acceptors (Lipinski definition) is 5. The fourth-order valence-electron chi connectivity index (χ4n) is 2.86. The highest BCUT2D eigenvalue weighted by atomic mass is 32.2. The zero-order valence-corrected chi connectivity index (χ0v) is 14.8. The Morgan fingerprint density at radius 2 is 2.08 bits per heavy atom. The van der Waals surface area contributed by atoms with Crippen LogP contribution in [0, 0.1) is 0 Å². The lowest BCUT2D eigenvalue weighted by Gasteiger charge is -2.26. The van der Waals surface area contributed by atoms with E-state index in [-0.39, 0.29) is 11.9 Å². The van der Waals surface area contributed by atoms with Gasteiger partial charge in [0.2, 0.25) is 0 Å². The van der Waals surface area contributed by atoms with Gasteiger partial charge in [-0.2, -0.15) is 5.10 Å². The molecule has 0 saturated carbocycles. The van der Waals surface area contributed by atoms with Crippen LogP contribution >= 0.6 is 11.8 Å². The molecule has 0 spiro atoms. The minimum atomic E-state index is -0.0765. The molecule has 0 radical (unpaired) electrons. The molecule has 0 saturated heterocycles.